The van der Waals surface area contributed by atoms with Crippen LogP contribution in [0.2, 0.25) is 0 Å². The Bertz CT molecular complexity index is 987. The van der Waals surface area contributed by atoms with Crippen molar-refractivity contribution in [3.05, 3.63) is 68.6 Å². The molecule has 0 unspecified atom stereocenters. The van der Waals surface area contributed by atoms with E-state index in [2.05, 4.69) is 0 Å². The van der Waals surface area contributed by atoms with Crippen molar-refractivity contribution in [1.82, 2.24) is 4.90 Å². The van der Waals surface area contributed by atoms with Crippen molar-refractivity contribution in [3.63, 3.8) is 0 Å². The van der Waals surface area contributed by atoms with Crippen molar-refractivity contribution in [2.75, 3.05) is 13.7 Å². The van der Waals surface area contributed by atoms with Gasteiger partial charge in [0, 0.05) is 12.1 Å². The van der Waals surface area contributed by atoms with Crippen molar-refractivity contribution in [1.29, 1.82) is 0 Å². The number of thioether (sulfide) groups is 1. The monoisotopic (exact) mass is 414 g/mol. The lowest BCUT2D eigenvalue weighted by Crippen LogP contribution is -2.27. The molecule has 0 aliphatic carbocycles. The van der Waals surface area contributed by atoms with Gasteiger partial charge in [0.2, 0.25) is 0 Å². The summed E-state index contributed by atoms with van der Waals surface area (Å²) in [5.41, 5.74) is 1.28. The number of imide groups is 1. The predicted octanol–water partition coefficient (Wildman–Crippen LogP) is 4.24. The largest absolute Gasteiger partial charge is 0.493 e. The van der Waals surface area contributed by atoms with Gasteiger partial charge < -0.3 is 9.47 Å². The van der Waals surface area contributed by atoms with Gasteiger partial charge in [-0.15, -0.1) is 0 Å². The highest BCUT2D eigenvalue weighted by Crippen LogP contribution is 2.35. The number of non-ortho nitro benzene ring substituents is 1. The molecular formula is C20H18N2O6S. The number of amides is 2. The summed E-state index contributed by atoms with van der Waals surface area (Å²) in [4.78, 5) is 36.6. The van der Waals surface area contributed by atoms with Crippen LogP contribution in [-0.4, -0.2) is 34.7 Å². The number of carbonyl (C=O) groups is 2. The summed E-state index contributed by atoms with van der Waals surface area (Å²) in [6, 6.07) is 11.0. The molecule has 1 aliphatic heterocycles. The van der Waals surface area contributed by atoms with Crippen LogP contribution in [0.25, 0.3) is 6.08 Å². The van der Waals surface area contributed by atoms with Crippen LogP contribution in [0.3, 0.4) is 0 Å². The zero-order chi connectivity index (χ0) is 21.0. The number of hydrogen-bond donors (Lipinski definition) is 0. The second kappa shape index (κ2) is 8.78. The van der Waals surface area contributed by atoms with Gasteiger partial charge in [-0.1, -0.05) is 18.2 Å². The van der Waals surface area contributed by atoms with Crippen LogP contribution in [0.1, 0.15) is 18.1 Å². The van der Waals surface area contributed by atoms with Gasteiger partial charge in [-0.2, -0.15) is 0 Å². The summed E-state index contributed by atoms with van der Waals surface area (Å²) in [6.45, 7) is 2.41. The molecule has 0 bridgehead atoms. The number of nitro groups is 1. The molecule has 2 amide bonds. The van der Waals surface area contributed by atoms with Gasteiger partial charge in [0.15, 0.2) is 11.5 Å². The van der Waals surface area contributed by atoms with Crippen molar-refractivity contribution < 1.29 is 24.0 Å². The van der Waals surface area contributed by atoms with Gasteiger partial charge in [-0.3, -0.25) is 24.6 Å². The molecule has 1 heterocycles. The minimum atomic E-state index is -0.502. The molecule has 0 atom stereocenters. The zero-order valence-corrected chi connectivity index (χ0v) is 16.6. The van der Waals surface area contributed by atoms with E-state index in [1.807, 2.05) is 6.92 Å². The zero-order valence-electron chi connectivity index (χ0n) is 15.8. The highest BCUT2D eigenvalue weighted by atomic mass is 32.2. The van der Waals surface area contributed by atoms with Crippen LogP contribution in [0.5, 0.6) is 11.5 Å². The lowest BCUT2D eigenvalue weighted by molar-refractivity contribution is -0.384. The van der Waals surface area contributed by atoms with E-state index in [1.165, 1.54) is 31.4 Å². The summed E-state index contributed by atoms with van der Waals surface area (Å²) in [5, 5.41) is 10.3. The van der Waals surface area contributed by atoms with Crippen molar-refractivity contribution in [3.8, 4) is 11.5 Å². The Morgan fingerprint density at radius 3 is 2.48 bits per heavy atom. The van der Waals surface area contributed by atoms with Crippen LogP contribution in [0.15, 0.2) is 47.4 Å². The van der Waals surface area contributed by atoms with E-state index in [4.69, 9.17) is 9.47 Å². The van der Waals surface area contributed by atoms with Gasteiger partial charge in [-0.05, 0) is 48.0 Å². The topological polar surface area (TPSA) is 99.0 Å². The number of rotatable bonds is 7. The summed E-state index contributed by atoms with van der Waals surface area (Å²) in [6.07, 6.45) is 1.62. The second-order valence-electron chi connectivity index (χ2n) is 6.03. The Morgan fingerprint density at radius 2 is 1.86 bits per heavy atom. The van der Waals surface area contributed by atoms with E-state index in [1.54, 1.807) is 24.3 Å². The average molecular weight is 414 g/mol. The Hall–Kier alpha value is -3.33. The number of hydrogen-bond acceptors (Lipinski definition) is 7. The van der Waals surface area contributed by atoms with Crippen molar-refractivity contribution in [2.45, 2.75) is 13.5 Å². The highest BCUT2D eigenvalue weighted by Gasteiger charge is 2.35. The fourth-order valence-electron chi connectivity index (χ4n) is 2.74. The molecule has 0 spiro atoms. The molecule has 1 fully saturated rings. The standard InChI is InChI=1S/C20H18N2O6S/c1-3-28-16-9-6-14(10-17(16)27-2)11-18-19(23)21(20(24)29-18)12-13-4-7-15(8-5-13)22(25)26/h4-11H,3,12H2,1-2H3/b18-11+. The number of nitro benzene ring substituents is 1. The van der Waals surface area contributed by atoms with Gasteiger partial charge in [-0.25, -0.2) is 0 Å². The lowest BCUT2D eigenvalue weighted by atomic mass is 10.1. The fraction of sp³-hybridized carbons (Fsp3) is 0.200. The van der Waals surface area contributed by atoms with Crippen LogP contribution >= 0.6 is 11.8 Å². The maximum atomic E-state index is 12.7. The van der Waals surface area contributed by atoms with Crippen LogP contribution in [-0.2, 0) is 11.3 Å². The maximum Gasteiger partial charge on any atom is 0.293 e. The van der Waals surface area contributed by atoms with Crippen LogP contribution < -0.4 is 9.47 Å². The van der Waals surface area contributed by atoms with E-state index in [-0.39, 0.29) is 12.2 Å². The van der Waals surface area contributed by atoms with E-state index in [0.29, 0.717) is 34.1 Å². The molecule has 8 nitrogen and oxygen atoms in total. The number of nitrogens with zero attached hydrogens (tertiary/aromatic N) is 2. The summed E-state index contributed by atoms with van der Waals surface area (Å²) in [5.74, 6) is 0.718. The number of carbonyl (C=O) groups excluding carboxylic acids is 2. The molecule has 150 valence electrons. The van der Waals surface area contributed by atoms with E-state index < -0.39 is 16.1 Å². The molecule has 29 heavy (non-hydrogen) atoms. The summed E-state index contributed by atoms with van der Waals surface area (Å²) >= 11 is 0.850. The first-order chi connectivity index (χ1) is 13.9. The third-order valence-electron chi connectivity index (χ3n) is 4.15. The third-order valence-corrected chi connectivity index (χ3v) is 5.05. The van der Waals surface area contributed by atoms with Gasteiger partial charge >= 0.3 is 0 Å². The molecule has 0 N–H and O–H groups in total. The van der Waals surface area contributed by atoms with Crippen molar-refractivity contribution in [2.24, 2.45) is 0 Å². The smallest absolute Gasteiger partial charge is 0.293 e. The second-order valence-corrected chi connectivity index (χ2v) is 7.03. The molecule has 3 rings (SSSR count). The first kappa shape index (κ1) is 20.4. The molecule has 2 aromatic carbocycles. The Balaban J connectivity index is 1.78. The molecular weight excluding hydrogens is 396 g/mol. The molecule has 1 saturated heterocycles. The minimum absolute atomic E-state index is 0.0482. The maximum absolute atomic E-state index is 12.7. The predicted molar refractivity (Wildman–Crippen MR) is 109 cm³/mol. The normalized spacial score (nSPS) is 15.1. The molecule has 0 saturated carbocycles. The first-order valence-electron chi connectivity index (χ1n) is 8.72. The minimum Gasteiger partial charge on any atom is -0.493 e. The van der Waals surface area contributed by atoms with Crippen LogP contribution in [0, 0.1) is 10.1 Å². The molecule has 0 aromatic heterocycles. The van der Waals surface area contributed by atoms with E-state index in [9.17, 15) is 19.7 Å². The lowest BCUT2D eigenvalue weighted by Gasteiger charge is -2.12. The van der Waals surface area contributed by atoms with E-state index in [0.717, 1.165) is 16.7 Å². The van der Waals surface area contributed by atoms with Crippen LogP contribution in [0.4, 0.5) is 10.5 Å². The van der Waals surface area contributed by atoms with E-state index >= 15 is 0 Å². The quantitative estimate of drug-likeness (QED) is 0.380. The van der Waals surface area contributed by atoms with Gasteiger partial charge in [0.25, 0.3) is 16.8 Å². The highest BCUT2D eigenvalue weighted by molar-refractivity contribution is 8.18. The molecule has 2 aromatic rings. The first-order valence-corrected chi connectivity index (χ1v) is 9.54. The fourth-order valence-corrected chi connectivity index (χ4v) is 3.58. The number of methoxy groups -OCH3 is 1. The Labute approximate surface area is 171 Å². The molecule has 9 heteroatoms. The number of benzene rings is 2. The average Bonchev–Trinajstić information content (AvgIpc) is 2.97. The van der Waals surface area contributed by atoms with Crippen molar-refractivity contribution >= 4 is 34.7 Å². The third kappa shape index (κ3) is 4.57. The Morgan fingerprint density at radius 1 is 1.14 bits per heavy atom. The summed E-state index contributed by atoms with van der Waals surface area (Å²) in [7, 11) is 1.53. The SMILES string of the molecule is CCOc1ccc(/C=C2/SC(=O)N(Cc3ccc([N+](=O)[O-])cc3)C2=O)cc1OC. The van der Waals surface area contributed by atoms with Gasteiger partial charge in [0.05, 0.1) is 30.1 Å². The number of ether oxygens (including phenoxy) is 2. The summed E-state index contributed by atoms with van der Waals surface area (Å²) < 4.78 is 10.8. The van der Waals surface area contributed by atoms with Gasteiger partial charge in [0.1, 0.15) is 0 Å². The Kier molecular flexibility index (Phi) is 6.18. The molecule has 1 aliphatic rings. The molecule has 0 radical (unpaired) electrons.